The standard InChI is InChI=1S/C21H22F3N3O3/c1-11(2)9-12(3)26-20(28)17-18(27-30-19(17)25)16-8-7-15(29-16)13-5-4-6-14(10-13)21(22,23)24/h4-8,10-12H,9,25H2,1-3H3,(H,26,28). The highest BCUT2D eigenvalue weighted by molar-refractivity contribution is 6.03. The Morgan fingerprint density at radius 3 is 2.53 bits per heavy atom. The van der Waals surface area contributed by atoms with E-state index < -0.39 is 17.6 Å². The summed E-state index contributed by atoms with van der Waals surface area (Å²) in [7, 11) is 0. The summed E-state index contributed by atoms with van der Waals surface area (Å²) in [6, 6.07) is 7.66. The average Bonchev–Trinajstić information content (AvgIpc) is 3.27. The smallest absolute Gasteiger partial charge is 0.416 e. The van der Waals surface area contributed by atoms with Crippen LogP contribution in [-0.2, 0) is 6.18 Å². The Morgan fingerprint density at radius 1 is 1.17 bits per heavy atom. The summed E-state index contributed by atoms with van der Waals surface area (Å²) in [6.07, 6.45) is -3.70. The summed E-state index contributed by atoms with van der Waals surface area (Å²) in [4.78, 5) is 12.7. The molecule has 3 rings (SSSR count). The maximum atomic E-state index is 13.0. The summed E-state index contributed by atoms with van der Waals surface area (Å²) in [5, 5.41) is 6.65. The molecule has 3 N–H and O–H groups in total. The summed E-state index contributed by atoms with van der Waals surface area (Å²) in [6.45, 7) is 5.96. The molecule has 1 aromatic carbocycles. The van der Waals surface area contributed by atoms with Gasteiger partial charge in [-0.05, 0) is 43.5 Å². The number of amides is 1. The third-order valence-corrected chi connectivity index (χ3v) is 4.46. The van der Waals surface area contributed by atoms with Gasteiger partial charge in [0.15, 0.2) is 11.5 Å². The molecule has 2 aromatic heterocycles. The van der Waals surface area contributed by atoms with E-state index in [1.54, 1.807) is 0 Å². The van der Waals surface area contributed by atoms with Crippen molar-refractivity contribution in [3.05, 3.63) is 47.5 Å². The lowest BCUT2D eigenvalue weighted by atomic mass is 10.0. The maximum Gasteiger partial charge on any atom is 0.416 e. The van der Waals surface area contributed by atoms with E-state index in [4.69, 9.17) is 14.7 Å². The Hall–Kier alpha value is -3.23. The van der Waals surface area contributed by atoms with Gasteiger partial charge >= 0.3 is 6.18 Å². The van der Waals surface area contributed by atoms with Crippen molar-refractivity contribution in [2.24, 2.45) is 5.92 Å². The van der Waals surface area contributed by atoms with Crippen LogP contribution in [0.15, 0.2) is 45.3 Å². The molecule has 1 amide bonds. The number of halogens is 3. The quantitative estimate of drug-likeness (QED) is 0.558. The largest absolute Gasteiger partial charge is 0.454 e. The van der Waals surface area contributed by atoms with Crippen molar-refractivity contribution in [3.63, 3.8) is 0 Å². The van der Waals surface area contributed by atoms with Gasteiger partial charge in [-0.3, -0.25) is 4.79 Å². The summed E-state index contributed by atoms with van der Waals surface area (Å²) in [5.41, 5.74) is 5.34. The number of anilines is 1. The maximum absolute atomic E-state index is 13.0. The van der Waals surface area contributed by atoms with Crippen LogP contribution in [0.5, 0.6) is 0 Å². The van der Waals surface area contributed by atoms with Gasteiger partial charge in [0.2, 0.25) is 5.88 Å². The molecule has 6 nitrogen and oxygen atoms in total. The fraction of sp³-hybridized carbons (Fsp3) is 0.333. The number of nitrogens with one attached hydrogen (secondary N) is 1. The number of carbonyl (C=O) groups is 1. The normalized spacial score (nSPS) is 12.9. The first-order valence-electron chi connectivity index (χ1n) is 9.40. The van der Waals surface area contributed by atoms with E-state index in [1.165, 1.54) is 24.3 Å². The molecule has 0 aliphatic rings. The molecule has 0 radical (unpaired) electrons. The highest BCUT2D eigenvalue weighted by Gasteiger charge is 2.31. The Bertz CT molecular complexity index is 1040. The predicted molar refractivity (Wildman–Crippen MR) is 105 cm³/mol. The Morgan fingerprint density at radius 2 is 1.87 bits per heavy atom. The van der Waals surface area contributed by atoms with Crippen LogP contribution in [-0.4, -0.2) is 17.1 Å². The molecule has 2 heterocycles. The number of hydrogen-bond donors (Lipinski definition) is 2. The summed E-state index contributed by atoms with van der Waals surface area (Å²) in [5.74, 6) is 0.103. The monoisotopic (exact) mass is 421 g/mol. The number of alkyl halides is 3. The number of aromatic nitrogens is 1. The van der Waals surface area contributed by atoms with E-state index in [0.717, 1.165) is 18.6 Å². The lowest BCUT2D eigenvalue weighted by molar-refractivity contribution is -0.137. The van der Waals surface area contributed by atoms with Gasteiger partial charge in [0.05, 0.1) is 5.56 Å². The molecule has 30 heavy (non-hydrogen) atoms. The fourth-order valence-electron chi connectivity index (χ4n) is 3.22. The minimum atomic E-state index is -4.47. The SMILES string of the molecule is CC(C)CC(C)NC(=O)c1c(-c2ccc(-c3cccc(C(F)(F)F)c3)o2)noc1N. The van der Waals surface area contributed by atoms with E-state index in [1.807, 2.05) is 20.8 Å². The molecule has 0 fully saturated rings. The second-order valence-corrected chi connectivity index (χ2v) is 7.52. The lowest BCUT2D eigenvalue weighted by Gasteiger charge is -2.15. The molecular weight excluding hydrogens is 399 g/mol. The fourth-order valence-corrected chi connectivity index (χ4v) is 3.22. The third kappa shape index (κ3) is 4.67. The summed E-state index contributed by atoms with van der Waals surface area (Å²) >= 11 is 0. The number of carbonyl (C=O) groups excluding carboxylic acids is 1. The molecular formula is C21H22F3N3O3. The van der Waals surface area contributed by atoms with Crippen LogP contribution < -0.4 is 11.1 Å². The van der Waals surface area contributed by atoms with Crippen molar-refractivity contribution in [2.45, 2.75) is 39.4 Å². The van der Waals surface area contributed by atoms with E-state index in [2.05, 4.69) is 10.5 Å². The van der Waals surface area contributed by atoms with Gasteiger partial charge in [-0.15, -0.1) is 0 Å². The van der Waals surface area contributed by atoms with Crippen molar-refractivity contribution < 1.29 is 26.9 Å². The number of nitrogens with two attached hydrogens (primary N) is 1. The minimum absolute atomic E-state index is 0.0237. The molecule has 1 unspecified atom stereocenters. The average molecular weight is 421 g/mol. The second-order valence-electron chi connectivity index (χ2n) is 7.52. The molecule has 0 bridgehead atoms. The number of furan rings is 1. The van der Waals surface area contributed by atoms with E-state index in [9.17, 15) is 18.0 Å². The number of rotatable bonds is 6. The van der Waals surface area contributed by atoms with Gasteiger partial charge in [-0.2, -0.15) is 13.2 Å². The van der Waals surface area contributed by atoms with Crippen LogP contribution in [0.3, 0.4) is 0 Å². The van der Waals surface area contributed by atoms with Gasteiger partial charge in [-0.1, -0.05) is 31.1 Å². The molecule has 0 aliphatic carbocycles. The molecule has 0 saturated heterocycles. The minimum Gasteiger partial charge on any atom is -0.454 e. The molecule has 9 heteroatoms. The van der Waals surface area contributed by atoms with Crippen molar-refractivity contribution in [1.29, 1.82) is 0 Å². The van der Waals surface area contributed by atoms with E-state index in [-0.39, 0.29) is 40.3 Å². The van der Waals surface area contributed by atoms with E-state index in [0.29, 0.717) is 5.92 Å². The molecule has 160 valence electrons. The van der Waals surface area contributed by atoms with Crippen LogP contribution in [0.1, 0.15) is 43.1 Å². The van der Waals surface area contributed by atoms with Gasteiger partial charge in [0, 0.05) is 11.6 Å². The topological polar surface area (TPSA) is 94.3 Å². The van der Waals surface area contributed by atoms with Crippen molar-refractivity contribution in [2.75, 3.05) is 5.73 Å². The second kappa shape index (κ2) is 8.25. The number of benzene rings is 1. The highest BCUT2D eigenvalue weighted by Crippen LogP contribution is 2.35. The van der Waals surface area contributed by atoms with Crippen molar-refractivity contribution in [1.82, 2.24) is 10.5 Å². The number of nitrogen functional groups attached to an aromatic ring is 1. The summed E-state index contributed by atoms with van der Waals surface area (Å²) < 4.78 is 49.6. The zero-order valence-corrected chi connectivity index (χ0v) is 16.7. The van der Waals surface area contributed by atoms with E-state index >= 15 is 0 Å². The van der Waals surface area contributed by atoms with Gasteiger partial charge in [-0.25, -0.2) is 0 Å². The van der Waals surface area contributed by atoms with Crippen LogP contribution in [0.25, 0.3) is 22.8 Å². The van der Waals surface area contributed by atoms with Gasteiger partial charge in [0.1, 0.15) is 11.3 Å². The van der Waals surface area contributed by atoms with Gasteiger partial charge < -0.3 is 20.0 Å². The first-order chi connectivity index (χ1) is 14.1. The van der Waals surface area contributed by atoms with Gasteiger partial charge in [0.25, 0.3) is 5.91 Å². The molecule has 0 aliphatic heterocycles. The number of nitrogens with zero attached hydrogens (tertiary/aromatic N) is 1. The zero-order valence-electron chi connectivity index (χ0n) is 16.7. The first kappa shape index (κ1) is 21.5. The Kier molecular flexibility index (Phi) is 5.91. The van der Waals surface area contributed by atoms with Crippen LogP contribution >= 0.6 is 0 Å². The Labute approximate surface area is 171 Å². The highest BCUT2D eigenvalue weighted by atomic mass is 19.4. The van der Waals surface area contributed by atoms with Crippen molar-refractivity contribution >= 4 is 11.8 Å². The van der Waals surface area contributed by atoms with Crippen molar-refractivity contribution in [3.8, 4) is 22.8 Å². The first-order valence-corrected chi connectivity index (χ1v) is 9.40. The molecule has 0 saturated carbocycles. The zero-order chi connectivity index (χ0) is 22.1. The molecule has 0 spiro atoms. The Balaban J connectivity index is 1.89. The van der Waals surface area contributed by atoms with Crippen LogP contribution in [0, 0.1) is 5.92 Å². The molecule has 3 aromatic rings. The van der Waals surface area contributed by atoms with Crippen LogP contribution in [0.2, 0.25) is 0 Å². The predicted octanol–water partition coefficient (Wildman–Crippen LogP) is 5.37. The third-order valence-electron chi connectivity index (χ3n) is 4.46. The lowest BCUT2D eigenvalue weighted by Crippen LogP contribution is -2.33. The number of hydrogen-bond acceptors (Lipinski definition) is 5. The molecule has 1 atom stereocenters. The van der Waals surface area contributed by atoms with Crippen LogP contribution in [0.4, 0.5) is 19.1 Å².